The van der Waals surface area contributed by atoms with Crippen molar-refractivity contribution in [3.63, 3.8) is 0 Å². The number of unbranched alkanes of at least 4 members (excludes halogenated alkanes) is 18. The molecule has 0 aliphatic heterocycles. The predicted octanol–water partition coefficient (Wildman–Crippen LogP) is 9.18. The van der Waals surface area contributed by atoms with Crippen LogP contribution in [0.2, 0.25) is 0 Å². The average molecular weight is 652 g/mol. The molecule has 0 spiro atoms. The number of allylic oxidation sites excluding steroid dienone is 2. The van der Waals surface area contributed by atoms with Crippen molar-refractivity contribution in [2.24, 2.45) is 17.8 Å². The number of rotatable bonds is 34. The first-order valence-electron chi connectivity index (χ1n) is 19.2. The van der Waals surface area contributed by atoms with Crippen LogP contribution in [0.4, 0.5) is 0 Å². The largest absolute Gasteiger partial charge is 0.550 e. The molecule has 270 valence electrons. The van der Waals surface area contributed by atoms with Gasteiger partial charge in [0.15, 0.2) is 0 Å². The standard InChI is InChI=1S/C39H73NO6/c1-5-6-7-8-9-10-11-12-13-14-15-16-17-18-19-20-21-22-23-24-25-26-30-40(31-27-34(2)37(41)42,32-28-35(3)38(43)44)33-29-36(4)39(45)46/h8-9,34-36H,5-7,10-33H2,1-4H3,(H2-,41,42,43,44,45,46)/b9-8+. The van der Waals surface area contributed by atoms with Gasteiger partial charge in [-0.1, -0.05) is 136 Å². The lowest BCUT2D eigenvalue weighted by Crippen LogP contribution is -2.52. The third kappa shape index (κ3) is 25.2. The van der Waals surface area contributed by atoms with Crippen molar-refractivity contribution >= 4 is 17.9 Å². The summed E-state index contributed by atoms with van der Waals surface area (Å²) >= 11 is 0. The summed E-state index contributed by atoms with van der Waals surface area (Å²) in [6.45, 7) is 9.99. The van der Waals surface area contributed by atoms with Gasteiger partial charge in [0.05, 0.1) is 38.0 Å². The van der Waals surface area contributed by atoms with E-state index in [0.29, 0.717) is 43.4 Å². The third-order valence-corrected chi connectivity index (χ3v) is 10.00. The maximum atomic E-state index is 11.5. The zero-order chi connectivity index (χ0) is 34.5. The molecular formula is C39H73NO6. The van der Waals surface area contributed by atoms with Gasteiger partial charge in [-0.15, -0.1) is 0 Å². The van der Waals surface area contributed by atoms with E-state index in [1.807, 2.05) is 0 Å². The molecule has 0 bridgehead atoms. The fraction of sp³-hybridized carbons (Fsp3) is 0.872. The van der Waals surface area contributed by atoms with E-state index in [2.05, 4.69) is 19.1 Å². The van der Waals surface area contributed by atoms with Crippen LogP contribution in [0.25, 0.3) is 0 Å². The molecule has 0 heterocycles. The van der Waals surface area contributed by atoms with Crippen LogP contribution in [-0.4, -0.2) is 58.8 Å². The second-order valence-corrected chi connectivity index (χ2v) is 14.4. The SMILES string of the molecule is CCCC/C=C/CCCCCCCCCCCCCCCCCC[N+](CCC(C)C(=O)[O-])(CCC(C)C(=O)O)CCC(C)C(=O)O. The second kappa shape index (κ2) is 29.3. The molecule has 2 N–H and O–H groups in total. The zero-order valence-corrected chi connectivity index (χ0v) is 30.5. The van der Waals surface area contributed by atoms with E-state index in [1.54, 1.807) is 20.8 Å². The number of carboxylic acids is 3. The van der Waals surface area contributed by atoms with E-state index < -0.39 is 35.7 Å². The van der Waals surface area contributed by atoms with Crippen molar-refractivity contribution in [1.82, 2.24) is 0 Å². The Morgan fingerprint density at radius 3 is 1.20 bits per heavy atom. The highest BCUT2D eigenvalue weighted by Crippen LogP contribution is 2.22. The van der Waals surface area contributed by atoms with Crippen LogP contribution in [0.3, 0.4) is 0 Å². The van der Waals surface area contributed by atoms with E-state index in [1.165, 1.54) is 116 Å². The van der Waals surface area contributed by atoms with E-state index in [4.69, 9.17) is 0 Å². The van der Waals surface area contributed by atoms with Crippen molar-refractivity contribution < 1.29 is 34.2 Å². The molecule has 0 saturated heterocycles. The molecule has 46 heavy (non-hydrogen) atoms. The first-order valence-corrected chi connectivity index (χ1v) is 19.2. The van der Waals surface area contributed by atoms with Crippen LogP contribution >= 0.6 is 0 Å². The minimum Gasteiger partial charge on any atom is -0.550 e. The Labute approximate surface area is 283 Å². The number of hydrogen-bond donors (Lipinski definition) is 2. The molecule has 0 aliphatic rings. The van der Waals surface area contributed by atoms with E-state index in [-0.39, 0.29) is 0 Å². The molecular weight excluding hydrogens is 578 g/mol. The van der Waals surface area contributed by atoms with E-state index in [9.17, 15) is 29.7 Å². The van der Waals surface area contributed by atoms with Gasteiger partial charge in [-0.25, -0.2) is 0 Å². The van der Waals surface area contributed by atoms with Crippen molar-refractivity contribution in [2.45, 2.75) is 175 Å². The highest BCUT2D eigenvalue weighted by atomic mass is 16.4. The Kier molecular flexibility index (Phi) is 28.1. The van der Waals surface area contributed by atoms with E-state index in [0.717, 1.165) is 19.4 Å². The number of carbonyl (C=O) groups is 3. The molecule has 0 fully saturated rings. The Morgan fingerprint density at radius 2 is 0.848 bits per heavy atom. The molecule has 0 rings (SSSR count). The minimum absolute atomic E-state index is 0.447. The maximum Gasteiger partial charge on any atom is 0.306 e. The Balaban J connectivity index is 4.27. The highest BCUT2D eigenvalue weighted by molar-refractivity contribution is 5.69. The Bertz CT molecular complexity index is 738. The molecule has 3 unspecified atom stereocenters. The molecule has 7 heteroatoms. The summed E-state index contributed by atoms with van der Waals surface area (Å²) in [5.74, 6) is -4.30. The van der Waals surface area contributed by atoms with Gasteiger partial charge in [-0.05, 0) is 32.1 Å². The van der Waals surface area contributed by atoms with Crippen molar-refractivity contribution in [1.29, 1.82) is 0 Å². The highest BCUT2D eigenvalue weighted by Gasteiger charge is 2.30. The number of quaternary nitrogens is 1. The van der Waals surface area contributed by atoms with Gasteiger partial charge in [0.25, 0.3) is 0 Å². The van der Waals surface area contributed by atoms with Crippen molar-refractivity contribution in [2.75, 3.05) is 26.2 Å². The van der Waals surface area contributed by atoms with Crippen molar-refractivity contribution in [3.8, 4) is 0 Å². The number of nitrogens with zero attached hydrogens (tertiary/aromatic N) is 1. The van der Waals surface area contributed by atoms with Gasteiger partial charge in [0.2, 0.25) is 0 Å². The van der Waals surface area contributed by atoms with Gasteiger partial charge in [0, 0.05) is 31.1 Å². The topological polar surface area (TPSA) is 115 Å². The smallest absolute Gasteiger partial charge is 0.306 e. The minimum atomic E-state index is -1.07. The molecule has 7 nitrogen and oxygen atoms in total. The first-order chi connectivity index (χ1) is 22.0. The van der Waals surface area contributed by atoms with Crippen LogP contribution in [0.15, 0.2) is 12.2 Å². The molecule has 3 atom stereocenters. The lowest BCUT2D eigenvalue weighted by molar-refractivity contribution is -0.929. The molecule has 0 aliphatic carbocycles. The maximum absolute atomic E-state index is 11.5. The fourth-order valence-corrected chi connectivity index (χ4v) is 6.18. The predicted molar refractivity (Wildman–Crippen MR) is 189 cm³/mol. The van der Waals surface area contributed by atoms with Gasteiger partial charge in [0.1, 0.15) is 0 Å². The summed E-state index contributed by atoms with van der Waals surface area (Å²) in [6.07, 6.45) is 32.0. The normalized spacial score (nSPS) is 15.0. The zero-order valence-electron chi connectivity index (χ0n) is 30.5. The summed E-state index contributed by atoms with van der Waals surface area (Å²) in [5.41, 5.74) is 0. The third-order valence-electron chi connectivity index (χ3n) is 10.00. The number of hydrogen-bond acceptors (Lipinski definition) is 4. The van der Waals surface area contributed by atoms with Gasteiger partial charge < -0.3 is 24.6 Å². The van der Waals surface area contributed by atoms with Crippen molar-refractivity contribution in [3.05, 3.63) is 12.2 Å². The monoisotopic (exact) mass is 652 g/mol. The quantitative estimate of drug-likeness (QED) is 0.0407. The summed E-state index contributed by atoms with van der Waals surface area (Å²) in [5, 5.41) is 30.3. The summed E-state index contributed by atoms with van der Waals surface area (Å²) < 4.78 is 0.587. The summed E-state index contributed by atoms with van der Waals surface area (Å²) in [6, 6.07) is 0. The fourth-order valence-electron chi connectivity index (χ4n) is 6.18. The lowest BCUT2D eigenvalue weighted by Gasteiger charge is -2.41. The molecule has 0 aromatic rings. The van der Waals surface area contributed by atoms with Crippen LogP contribution < -0.4 is 5.11 Å². The Morgan fingerprint density at radius 1 is 0.522 bits per heavy atom. The number of aliphatic carboxylic acids is 3. The van der Waals surface area contributed by atoms with Crippen LogP contribution in [0.5, 0.6) is 0 Å². The van der Waals surface area contributed by atoms with Crippen LogP contribution in [0, 0.1) is 17.8 Å². The Hall–Kier alpha value is -1.89. The molecule has 0 amide bonds. The van der Waals surface area contributed by atoms with Crippen LogP contribution in [0.1, 0.15) is 175 Å². The molecule has 0 aromatic heterocycles. The average Bonchev–Trinajstić information content (AvgIpc) is 3.03. The molecule has 0 radical (unpaired) electrons. The van der Waals surface area contributed by atoms with Crippen LogP contribution in [-0.2, 0) is 14.4 Å². The molecule has 0 saturated carbocycles. The lowest BCUT2D eigenvalue weighted by atomic mass is 10.0. The number of carboxylic acid groups (broad SMARTS) is 3. The van der Waals surface area contributed by atoms with E-state index >= 15 is 0 Å². The summed E-state index contributed by atoms with van der Waals surface area (Å²) in [7, 11) is 0. The van der Waals surface area contributed by atoms with Gasteiger partial charge >= 0.3 is 11.9 Å². The number of carbonyl (C=O) groups excluding carboxylic acids is 1. The van der Waals surface area contributed by atoms with Gasteiger partial charge in [-0.2, -0.15) is 0 Å². The second-order valence-electron chi connectivity index (χ2n) is 14.4. The molecule has 0 aromatic carbocycles. The van der Waals surface area contributed by atoms with Gasteiger partial charge in [-0.3, -0.25) is 9.59 Å². The first kappa shape index (κ1) is 44.1. The summed E-state index contributed by atoms with van der Waals surface area (Å²) in [4.78, 5) is 34.4.